The van der Waals surface area contributed by atoms with Crippen LogP contribution in [0, 0.1) is 0 Å². The number of H-pyrrole nitrogens is 1. The molecule has 0 aromatic carbocycles. The topological polar surface area (TPSA) is 72.5 Å². The van der Waals surface area contributed by atoms with Crippen molar-refractivity contribution in [1.82, 2.24) is 20.0 Å². The molecule has 1 saturated heterocycles. The monoisotopic (exact) mass is 334 g/mol. The molecule has 1 aliphatic heterocycles. The molecule has 0 saturated carbocycles. The summed E-state index contributed by atoms with van der Waals surface area (Å²) in [6, 6.07) is 0. The van der Waals surface area contributed by atoms with Crippen molar-refractivity contribution in [2.75, 3.05) is 33.7 Å². The zero-order valence-electron chi connectivity index (χ0n) is 15.0. The SMILES string of the molecule is CN(C)C[C@]1(O)CCCN(C(=O)c2n[nH]c3c2CCCCC3)CC1. The molecule has 0 bridgehead atoms. The van der Waals surface area contributed by atoms with Gasteiger partial charge in [-0.25, -0.2) is 0 Å². The summed E-state index contributed by atoms with van der Waals surface area (Å²) in [6.45, 7) is 1.95. The van der Waals surface area contributed by atoms with Crippen LogP contribution in [0.4, 0.5) is 0 Å². The van der Waals surface area contributed by atoms with Gasteiger partial charge in [-0.05, 0) is 59.0 Å². The number of aryl methyl sites for hydroxylation is 1. The zero-order valence-corrected chi connectivity index (χ0v) is 15.0. The van der Waals surface area contributed by atoms with Gasteiger partial charge in [-0.3, -0.25) is 9.89 Å². The Morgan fingerprint density at radius 1 is 1.21 bits per heavy atom. The van der Waals surface area contributed by atoms with Crippen molar-refractivity contribution in [3.8, 4) is 0 Å². The van der Waals surface area contributed by atoms with E-state index in [1.807, 2.05) is 23.9 Å². The third kappa shape index (κ3) is 3.81. The highest BCUT2D eigenvalue weighted by atomic mass is 16.3. The number of likely N-dealkylation sites (N-methyl/N-ethyl adjacent to an activating group) is 1. The van der Waals surface area contributed by atoms with Gasteiger partial charge < -0.3 is 14.9 Å². The molecule has 1 fully saturated rings. The van der Waals surface area contributed by atoms with Crippen molar-refractivity contribution >= 4 is 5.91 Å². The van der Waals surface area contributed by atoms with Crippen LogP contribution in [0.2, 0.25) is 0 Å². The number of aliphatic hydroxyl groups is 1. The lowest BCUT2D eigenvalue weighted by atomic mass is 9.94. The van der Waals surface area contributed by atoms with Crippen LogP contribution in [0.1, 0.15) is 60.3 Å². The Morgan fingerprint density at radius 2 is 2.00 bits per heavy atom. The second-order valence-electron chi connectivity index (χ2n) is 7.70. The lowest BCUT2D eigenvalue weighted by molar-refractivity contribution is 0.00303. The molecule has 3 rings (SSSR count). The maximum absolute atomic E-state index is 13.0. The number of hydrogen-bond donors (Lipinski definition) is 2. The van der Waals surface area contributed by atoms with Crippen LogP contribution in [-0.4, -0.2) is 70.3 Å². The van der Waals surface area contributed by atoms with Gasteiger partial charge in [-0.1, -0.05) is 6.42 Å². The Kier molecular flexibility index (Phi) is 5.25. The molecule has 0 radical (unpaired) electrons. The quantitative estimate of drug-likeness (QED) is 0.824. The highest BCUT2D eigenvalue weighted by molar-refractivity contribution is 5.94. The summed E-state index contributed by atoms with van der Waals surface area (Å²) in [7, 11) is 3.95. The van der Waals surface area contributed by atoms with Crippen molar-refractivity contribution in [2.24, 2.45) is 0 Å². The summed E-state index contributed by atoms with van der Waals surface area (Å²) in [4.78, 5) is 16.9. The van der Waals surface area contributed by atoms with E-state index in [1.165, 1.54) is 12.8 Å². The van der Waals surface area contributed by atoms with Gasteiger partial charge in [0.25, 0.3) is 5.91 Å². The van der Waals surface area contributed by atoms with E-state index in [0.29, 0.717) is 31.7 Å². The van der Waals surface area contributed by atoms with Gasteiger partial charge in [-0.2, -0.15) is 5.10 Å². The van der Waals surface area contributed by atoms with Crippen molar-refractivity contribution in [2.45, 2.75) is 57.0 Å². The lowest BCUT2D eigenvalue weighted by Gasteiger charge is -2.29. The first-order valence-corrected chi connectivity index (χ1v) is 9.21. The predicted molar refractivity (Wildman–Crippen MR) is 93.1 cm³/mol. The Morgan fingerprint density at radius 3 is 2.79 bits per heavy atom. The lowest BCUT2D eigenvalue weighted by Crippen LogP contribution is -2.41. The first kappa shape index (κ1) is 17.4. The van der Waals surface area contributed by atoms with Crippen LogP contribution in [0.15, 0.2) is 0 Å². The van der Waals surface area contributed by atoms with Gasteiger partial charge in [0.15, 0.2) is 5.69 Å². The molecule has 6 nitrogen and oxygen atoms in total. The molecule has 0 unspecified atom stereocenters. The molecular formula is C18H30N4O2. The Labute approximate surface area is 144 Å². The summed E-state index contributed by atoms with van der Waals surface area (Å²) in [5.41, 5.74) is 2.20. The average molecular weight is 334 g/mol. The second-order valence-corrected chi connectivity index (χ2v) is 7.70. The largest absolute Gasteiger partial charge is 0.388 e. The molecule has 2 aliphatic rings. The summed E-state index contributed by atoms with van der Waals surface area (Å²) >= 11 is 0. The van der Waals surface area contributed by atoms with Crippen molar-refractivity contribution < 1.29 is 9.90 Å². The Hall–Kier alpha value is -1.40. The van der Waals surface area contributed by atoms with Crippen molar-refractivity contribution in [3.05, 3.63) is 17.0 Å². The van der Waals surface area contributed by atoms with E-state index in [0.717, 1.165) is 43.4 Å². The first-order chi connectivity index (χ1) is 11.5. The van der Waals surface area contributed by atoms with E-state index in [4.69, 9.17) is 0 Å². The molecule has 1 aromatic heterocycles. The average Bonchev–Trinajstić information content (AvgIpc) is 2.69. The highest BCUT2D eigenvalue weighted by Gasteiger charge is 2.33. The van der Waals surface area contributed by atoms with Crippen LogP contribution in [-0.2, 0) is 12.8 Å². The van der Waals surface area contributed by atoms with Crippen molar-refractivity contribution in [3.63, 3.8) is 0 Å². The number of aromatic nitrogens is 2. The smallest absolute Gasteiger partial charge is 0.274 e. The molecule has 1 atom stereocenters. The number of aromatic amines is 1. The first-order valence-electron chi connectivity index (χ1n) is 9.21. The molecular weight excluding hydrogens is 304 g/mol. The van der Waals surface area contributed by atoms with Gasteiger partial charge >= 0.3 is 0 Å². The number of likely N-dealkylation sites (tertiary alicyclic amines) is 1. The van der Waals surface area contributed by atoms with Crippen molar-refractivity contribution in [1.29, 1.82) is 0 Å². The van der Waals surface area contributed by atoms with Gasteiger partial charge in [-0.15, -0.1) is 0 Å². The van der Waals surface area contributed by atoms with E-state index in [9.17, 15) is 9.90 Å². The minimum absolute atomic E-state index is 0.0310. The third-order valence-corrected chi connectivity index (χ3v) is 5.32. The van der Waals surface area contributed by atoms with E-state index in [2.05, 4.69) is 10.2 Å². The number of fused-ring (bicyclic) bond motifs is 1. The number of hydrogen-bond acceptors (Lipinski definition) is 4. The van der Waals surface area contributed by atoms with Crippen LogP contribution >= 0.6 is 0 Å². The number of nitrogens with zero attached hydrogens (tertiary/aromatic N) is 3. The molecule has 2 N–H and O–H groups in total. The van der Waals surface area contributed by atoms with Crippen LogP contribution in [0.25, 0.3) is 0 Å². The summed E-state index contributed by atoms with van der Waals surface area (Å²) < 4.78 is 0. The molecule has 6 heteroatoms. The van der Waals surface area contributed by atoms with Crippen LogP contribution in [0.5, 0.6) is 0 Å². The summed E-state index contributed by atoms with van der Waals surface area (Å²) in [5, 5.41) is 18.2. The minimum atomic E-state index is -0.693. The summed E-state index contributed by atoms with van der Waals surface area (Å²) in [6.07, 6.45) is 7.68. The van der Waals surface area contributed by atoms with Gasteiger partial charge in [0, 0.05) is 30.9 Å². The third-order valence-electron chi connectivity index (χ3n) is 5.32. The number of amides is 1. The molecule has 24 heavy (non-hydrogen) atoms. The Balaban J connectivity index is 1.71. The number of nitrogens with one attached hydrogen (secondary N) is 1. The van der Waals surface area contributed by atoms with E-state index in [1.54, 1.807) is 0 Å². The maximum Gasteiger partial charge on any atom is 0.274 e. The standard InChI is InChI=1S/C18H30N4O2/c1-21(2)13-18(24)9-6-11-22(12-10-18)17(23)16-14-7-4-3-5-8-15(14)19-20-16/h24H,3-13H2,1-2H3,(H,19,20)/t18-/m0/s1. The van der Waals surface area contributed by atoms with Gasteiger partial charge in [0.05, 0.1) is 5.60 Å². The molecule has 1 aromatic rings. The summed E-state index contributed by atoms with van der Waals surface area (Å²) in [5.74, 6) is 0.0310. The fourth-order valence-corrected chi connectivity index (χ4v) is 4.11. The number of carbonyl (C=O) groups is 1. The fourth-order valence-electron chi connectivity index (χ4n) is 4.11. The van der Waals surface area contributed by atoms with Gasteiger partial charge in [0.2, 0.25) is 0 Å². The van der Waals surface area contributed by atoms with Crippen LogP contribution < -0.4 is 0 Å². The molecule has 134 valence electrons. The Bertz CT molecular complexity index is 584. The second kappa shape index (κ2) is 7.23. The fraction of sp³-hybridized carbons (Fsp3) is 0.778. The normalized spacial score (nSPS) is 25.2. The molecule has 1 amide bonds. The van der Waals surface area contributed by atoms with E-state index < -0.39 is 5.60 Å². The number of rotatable bonds is 3. The zero-order chi connectivity index (χ0) is 17.2. The van der Waals surface area contributed by atoms with Crippen LogP contribution in [0.3, 0.4) is 0 Å². The minimum Gasteiger partial charge on any atom is -0.388 e. The van der Waals surface area contributed by atoms with E-state index in [-0.39, 0.29) is 5.91 Å². The molecule has 2 heterocycles. The van der Waals surface area contributed by atoms with Gasteiger partial charge in [0.1, 0.15) is 0 Å². The predicted octanol–water partition coefficient (Wildman–Crippen LogP) is 1.60. The maximum atomic E-state index is 13.0. The molecule has 1 aliphatic carbocycles. The molecule has 0 spiro atoms. The van der Waals surface area contributed by atoms with E-state index >= 15 is 0 Å². The highest BCUT2D eigenvalue weighted by Crippen LogP contribution is 2.26. The number of carbonyl (C=O) groups excluding carboxylic acids is 1.